The van der Waals surface area contributed by atoms with Crippen LogP contribution in [0.3, 0.4) is 0 Å². The fraction of sp³-hybridized carbons (Fsp3) is 0.938. The third-order valence-electron chi connectivity index (χ3n) is 3.95. The number of nitrogens with one attached hydrogen (secondary N) is 1. The minimum Gasteiger partial charge on any atom is -0.383 e. The quantitative estimate of drug-likeness (QED) is 0.420. The zero-order valence-corrected chi connectivity index (χ0v) is 14.6. The Labute approximate surface area is 130 Å². The SMILES string of the molecule is CCNC(=NCCCN(C)CCOC)N1CCC(C)(C)C1. The van der Waals surface area contributed by atoms with Gasteiger partial charge in [-0.1, -0.05) is 13.8 Å². The van der Waals surface area contributed by atoms with E-state index in [1.165, 1.54) is 6.42 Å². The van der Waals surface area contributed by atoms with E-state index in [9.17, 15) is 0 Å². The molecule has 21 heavy (non-hydrogen) atoms. The normalized spacial score (nSPS) is 18.6. The molecule has 0 aliphatic carbocycles. The van der Waals surface area contributed by atoms with Crippen molar-refractivity contribution in [1.82, 2.24) is 15.1 Å². The van der Waals surface area contributed by atoms with Crippen molar-refractivity contribution in [3.63, 3.8) is 0 Å². The van der Waals surface area contributed by atoms with Gasteiger partial charge in [0.2, 0.25) is 0 Å². The summed E-state index contributed by atoms with van der Waals surface area (Å²) in [6.07, 6.45) is 2.34. The summed E-state index contributed by atoms with van der Waals surface area (Å²) in [6.45, 7) is 13.7. The number of likely N-dealkylation sites (N-methyl/N-ethyl adjacent to an activating group) is 1. The molecule has 0 amide bonds. The lowest BCUT2D eigenvalue weighted by atomic mass is 9.93. The molecule has 0 aromatic rings. The number of likely N-dealkylation sites (tertiary alicyclic amines) is 1. The molecule has 0 bridgehead atoms. The van der Waals surface area contributed by atoms with Crippen LogP contribution in [-0.4, -0.2) is 75.8 Å². The summed E-state index contributed by atoms with van der Waals surface area (Å²) >= 11 is 0. The molecule has 1 fully saturated rings. The van der Waals surface area contributed by atoms with E-state index in [1.54, 1.807) is 7.11 Å². The average Bonchev–Trinajstić information content (AvgIpc) is 2.80. The molecule has 0 aromatic heterocycles. The van der Waals surface area contributed by atoms with E-state index < -0.39 is 0 Å². The van der Waals surface area contributed by atoms with Crippen LogP contribution in [0.1, 0.15) is 33.6 Å². The Morgan fingerprint density at radius 3 is 2.71 bits per heavy atom. The molecule has 0 atom stereocenters. The van der Waals surface area contributed by atoms with Gasteiger partial charge in [0.25, 0.3) is 0 Å². The van der Waals surface area contributed by atoms with Crippen molar-refractivity contribution in [3.05, 3.63) is 0 Å². The lowest BCUT2D eigenvalue weighted by molar-refractivity contribution is 0.161. The molecule has 0 spiro atoms. The average molecular weight is 298 g/mol. The van der Waals surface area contributed by atoms with E-state index in [-0.39, 0.29) is 0 Å². The van der Waals surface area contributed by atoms with Crippen LogP contribution in [0.25, 0.3) is 0 Å². The summed E-state index contributed by atoms with van der Waals surface area (Å²) in [5.74, 6) is 1.09. The molecule has 0 unspecified atom stereocenters. The first-order valence-corrected chi connectivity index (χ1v) is 8.19. The molecular weight excluding hydrogens is 264 g/mol. The topological polar surface area (TPSA) is 40.1 Å². The van der Waals surface area contributed by atoms with Gasteiger partial charge >= 0.3 is 0 Å². The Morgan fingerprint density at radius 2 is 2.14 bits per heavy atom. The maximum Gasteiger partial charge on any atom is 0.193 e. The summed E-state index contributed by atoms with van der Waals surface area (Å²) in [5, 5.41) is 3.43. The van der Waals surface area contributed by atoms with Crippen molar-refractivity contribution in [1.29, 1.82) is 0 Å². The molecule has 1 saturated heterocycles. The number of rotatable bonds is 8. The van der Waals surface area contributed by atoms with Crippen LogP contribution < -0.4 is 5.32 Å². The minimum absolute atomic E-state index is 0.413. The highest BCUT2D eigenvalue weighted by molar-refractivity contribution is 5.80. The van der Waals surface area contributed by atoms with Gasteiger partial charge < -0.3 is 19.9 Å². The lowest BCUT2D eigenvalue weighted by Crippen LogP contribution is -2.40. The van der Waals surface area contributed by atoms with Crippen molar-refractivity contribution in [2.24, 2.45) is 10.4 Å². The third kappa shape index (κ3) is 7.14. The molecule has 5 heteroatoms. The third-order valence-corrected chi connectivity index (χ3v) is 3.95. The fourth-order valence-corrected chi connectivity index (χ4v) is 2.60. The van der Waals surface area contributed by atoms with Gasteiger partial charge in [-0.2, -0.15) is 0 Å². The van der Waals surface area contributed by atoms with E-state index in [1.807, 2.05) is 0 Å². The Kier molecular flexibility index (Phi) is 8.04. The molecule has 1 aliphatic rings. The van der Waals surface area contributed by atoms with E-state index in [0.29, 0.717) is 5.41 Å². The molecule has 1 heterocycles. The van der Waals surface area contributed by atoms with Crippen LogP contribution in [-0.2, 0) is 4.74 Å². The fourth-order valence-electron chi connectivity index (χ4n) is 2.60. The number of guanidine groups is 1. The van der Waals surface area contributed by atoms with Crippen LogP contribution in [0, 0.1) is 5.41 Å². The number of ether oxygens (including phenoxy) is 1. The second-order valence-electron chi connectivity index (χ2n) is 6.72. The van der Waals surface area contributed by atoms with Gasteiger partial charge in [-0.25, -0.2) is 0 Å². The first kappa shape index (κ1) is 18.2. The first-order chi connectivity index (χ1) is 9.98. The zero-order valence-electron chi connectivity index (χ0n) is 14.6. The van der Waals surface area contributed by atoms with Gasteiger partial charge in [-0.15, -0.1) is 0 Å². The molecule has 1 rings (SSSR count). The van der Waals surface area contributed by atoms with Crippen molar-refractivity contribution >= 4 is 5.96 Å². The molecule has 1 N–H and O–H groups in total. The number of methoxy groups -OCH3 is 1. The summed E-state index contributed by atoms with van der Waals surface area (Å²) in [7, 11) is 3.88. The van der Waals surface area contributed by atoms with Gasteiger partial charge in [-0.3, -0.25) is 4.99 Å². The molecule has 5 nitrogen and oxygen atoms in total. The summed E-state index contributed by atoms with van der Waals surface area (Å²) in [6, 6.07) is 0. The second-order valence-corrected chi connectivity index (χ2v) is 6.72. The molecule has 0 saturated carbocycles. The maximum atomic E-state index is 5.09. The molecule has 124 valence electrons. The maximum absolute atomic E-state index is 5.09. The summed E-state index contributed by atoms with van der Waals surface area (Å²) in [5.41, 5.74) is 0.413. The van der Waals surface area contributed by atoms with Crippen LogP contribution >= 0.6 is 0 Å². The van der Waals surface area contributed by atoms with Gasteiger partial charge in [0.1, 0.15) is 0 Å². The van der Waals surface area contributed by atoms with Gasteiger partial charge in [0, 0.05) is 39.8 Å². The Bertz CT molecular complexity index is 317. The predicted molar refractivity (Wildman–Crippen MR) is 89.9 cm³/mol. The van der Waals surface area contributed by atoms with E-state index in [2.05, 4.69) is 42.9 Å². The van der Waals surface area contributed by atoms with Gasteiger partial charge in [-0.05, 0) is 38.8 Å². The highest BCUT2D eigenvalue weighted by atomic mass is 16.5. The van der Waals surface area contributed by atoms with Crippen molar-refractivity contribution in [2.75, 3.05) is 60.0 Å². The predicted octanol–water partition coefficient (Wildman–Crippen LogP) is 1.65. The van der Waals surface area contributed by atoms with Crippen molar-refractivity contribution < 1.29 is 4.74 Å². The largest absolute Gasteiger partial charge is 0.383 e. The monoisotopic (exact) mass is 298 g/mol. The van der Waals surface area contributed by atoms with Crippen LogP contribution in [0.5, 0.6) is 0 Å². The molecule has 0 aromatic carbocycles. The van der Waals surface area contributed by atoms with Gasteiger partial charge in [0.05, 0.1) is 6.61 Å². The zero-order chi connectivity index (χ0) is 15.7. The Balaban J connectivity index is 2.35. The Hall–Kier alpha value is -0.810. The number of hydrogen-bond donors (Lipinski definition) is 1. The number of nitrogens with zero attached hydrogens (tertiary/aromatic N) is 3. The first-order valence-electron chi connectivity index (χ1n) is 8.19. The number of hydrogen-bond acceptors (Lipinski definition) is 3. The van der Waals surface area contributed by atoms with E-state index in [4.69, 9.17) is 9.73 Å². The smallest absolute Gasteiger partial charge is 0.193 e. The molecular formula is C16H34N4O. The lowest BCUT2D eigenvalue weighted by Gasteiger charge is -2.23. The Morgan fingerprint density at radius 1 is 1.38 bits per heavy atom. The molecule has 1 aliphatic heterocycles. The molecule has 0 radical (unpaired) electrons. The van der Waals surface area contributed by atoms with Crippen LogP contribution in [0.4, 0.5) is 0 Å². The van der Waals surface area contributed by atoms with Gasteiger partial charge in [0.15, 0.2) is 5.96 Å². The van der Waals surface area contributed by atoms with Crippen LogP contribution in [0.2, 0.25) is 0 Å². The minimum atomic E-state index is 0.413. The van der Waals surface area contributed by atoms with E-state index >= 15 is 0 Å². The van der Waals surface area contributed by atoms with Crippen molar-refractivity contribution in [2.45, 2.75) is 33.6 Å². The standard InChI is InChI=1S/C16H34N4O/c1-6-17-15(20-11-8-16(2,3)14-20)18-9-7-10-19(4)12-13-21-5/h6-14H2,1-5H3,(H,17,18). The van der Waals surface area contributed by atoms with Crippen LogP contribution in [0.15, 0.2) is 4.99 Å². The van der Waals surface area contributed by atoms with Crippen molar-refractivity contribution in [3.8, 4) is 0 Å². The van der Waals surface area contributed by atoms with E-state index in [0.717, 1.165) is 58.3 Å². The number of aliphatic imine (C=N–C) groups is 1. The summed E-state index contributed by atoms with van der Waals surface area (Å²) in [4.78, 5) is 9.48. The highest BCUT2D eigenvalue weighted by Gasteiger charge is 2.30. The highest BCUT2D eigenvalue weighted by Crippen LogP contribution is 2.28. The summed E-state index contributed by atoms with van der Waals surface area (Å²) < 4.78 is 5.09. The second kappa shape index (κ2) is 9.26.